The molecule has 1 unspecified atom stereocenters. The van der Waals surface area contributed by atoms with Gasteiger partial charge in [-0.3, -0.25) is 4.99 Å². The van der Waals surface area contributed by atoms with Gasteiger partial charge in [0, 0.05) is 6.21 Å². The summed E-state index contributed by atoms with van der Waals surface area (Å²) in [5.41, 5.74) is 0.443. The minimum absolute atomic E-state index is 0.587. The standard InChI is InChI=1S/C12H14N2/c1-3-12(2,10-13)14-9-11-7-5-4-6-8-11/h4-9H,3H2,1-2H3. The first-order valence-electron chi connectivity index (χ1n) is 4.72. The van der Waals surface area contributed by atoms with Gasteiger partial charge >= 0.3 is 0 Å². The molecule has 2 nitrogen and oxygen atoms in total. The molecule has 1 atom stereocenters. The molecule has 0 amide bonds. The SMILES string of the molecule is CCC(C)(C#N)N=Cc1ccccc1. The number of nitrogens with zero attached hydrogens (tertiary/aromatic N) is 2. The summed E-state index contributed by atoms with van der Waals surface area (Å²) in [6.45, 7) is 3.80. The Balaban J connectivity index is 2.79. The minimum atomic E-state index is -0.587. The van der Waals surface area contributed by atoms with Crippen LogP contribution >= 0.6 is 0 Å². The predicted octanol–water partition coefficient (Wildman–Crippen LogP) is 2.80. The normalized spacial score (nSPS) is 14.9. The molecule has 1 aromatic rings. The summed E-state index contributed by atoms with van der Waals surface area (Å²) in [5.74, 6) is 0. The Labute approximate surface area is 84.9 Å². The van der Waals surface area contributed by atoms with Gasteiger partial charge in [-0.2, -0.15) is 5.26 Å². The summed E-state index contributed by atoms with van der Waals surface area (Å²) in [6.07, 6.45) is 2.49. The van der Waals surface area contributed by atoms with Crippen LogP contribution in [0.2, 0.25) is 0 Å². The molecule has 0 radical (unpaired) electrons. The van der Waals surface area contributed by atoms with Crippen LogP contribution in [-0.4, -0.2) is 11.8 Å². The second-order valence-corrected chi connectivity index (χ2v) is 3.41. The smallest absolute Gasteiger partial charge is 0.143 e. The number of aliphatic imine (C=N–C) groups is 1. The zero-order chi connectivity index (χ0) is 10.4. The van der Waals surface area contributed by atoms with Crippen molar-refractivity contribution in [1.29, 1.82) is 5.26 Å². The van der Waals surface area contributed by atoms with Crippen LogP contribution in [-0.2, 0) is 0 Å². The first-order chi connectivity index (χ1) is 6.70. The van der Waals surface area contributed by atoms with Crippen LogP contribution in [0.15, 0.2) is 35.3 Å². The maximum absolute atomic E-state index is 8.90. The van der Waals surface area contributed by atoms with Crippen LogP contribution in [0.25, 0.3) is 0 Å². The molecule has 2 heteroatoms. The van der Waals surface area contributed by atoms with E-state index >= 15 is 0 Å². The maximum atomic E-state index is 8.90. The third kappa shape index (κ3) is 2.70. The van der Waals surface area contributed by atoms with Gasteiger partial charge < -0.3 is 0 Å². The van der Waals surface area contributed by atoms with Crippen LogP contribution in [0.4, 0.5) is 0 Å². The Morgan fingerprint density at radius 3 is 2.57 bits per heavy atom. The fourth-order valence-electron chi connectivity index (χ4n) is 0.955. The lowest BCUT2D eigenvalue weighted by atomic mass is 10.0. The fourth-order valence-corrected chi connectivity index (χ4v) is 0.955. The van der Waals surface area contributed by atoms with E-state index in [-0.39, 0.29) is 0 Å². The van der Waals surface area contributed by atoms with Gasteiger partial charge in [0.2, 0.25) is 0 Å². The molecule has 0 heterocycles. The van der Waals surface area contributed by atoms with Gasteiger partial charge in [0.15, 0.2) is 0 Å². The van der Waals surface area contributed by atoms with Gasteiger partial charge in [-0.05, 0) is 18.9 Å². The number of benzene rings is 1. The van der Waals surface area contributed by atoms with Crippen molar-refractivity contribution < 1.29 is 0 Å². The summed E-state index contributed by atoms with van der Waals surface area (Å²) in [4.78, 5) is 4.28. The number of hydrogen-bond acceptors (Lipinski definition) is 2. The summed E-state index contributed by atoms with van der Waals surface area (Å²) >= 11 is 0. The van der Waals surface area contributed by atoms with Crippen molar-refractivity contribution in [2.75, 3.05) is 0 Å². The second kappa shape index (κ2) is 4.57. The van der Waals surface area contributed by atoms with Crippen LogP contribution in [0.3, 0.4) is 0 Å². The zero-order valence-electron chi connectivity index (χ0n) is 8.57. The highest BCUT2D eigenvalue weighted by Crippen LogP contribution is 2.13. The van der Waals surface area contributed by atoms with Gasteiger partial charge in [-0.1, -0.05) is 37.3 Å². The molecule has 1 rings (SSSR count). The Bertz CT molecular complexity index is 348. The molecule has 0 saturated heterocycles. The van der Waals surface area contributed by atoms with Gasteiger partial charge in [0.25, 0.3) is 0 Å². The maximum Gasteiger partial charge on any atom is 0.143 e. The van der Waals surface area contributed by atoms with Crippen LogP contribution in [0, 0.1) is 11.3 Å². The molecule has 14 heavy (non-hydrogen) atoms. The zero-order valence-corrected chi connectivity index (χ0v) is 8.57. The van der Waals surface area contributed by atoms with Crippen molar-refractivity contribution in [1.82, 2.24) is 0 Å². The summed E-state index contributed by atoms with van der Waals surface area (Å²) < 4.78 is 0. The average molecular weight is 186 g/mol. The van der Waals surface area contributed by atoms with Crippen LogP contribution in [0.5, 0.6) is 0 Å². The second-order valence-electron chi connectivity index (χ2n) is 3.41. The van der Waals surface area contributed by atoms with E-state index in [9.17, 15) is 0 Å². The highest BCUT2D eigenvalue weighted by atomic mass is 14.8. The largest absolute Gasteiger partial charge is 0.271 e. The summed E-state index contributed by atoms with van der Waals surface area (Å²) in [5, 5.41) is 8.90. The van der Waals surface area contributed by atoms with Crippen molar-refractivity contribution in [2.24, 2.45) is 4.99 Å². The molecular formula is C12H14N2. The van der Waals surface area contributed by atoms with Crippen molar-refractivity contribution >= 4 is 6.21 Å². The molecule has 72 valence electrons. The van der Waals surface area contributed by atoms with Gasteiger partial charge in [-0.25, -0.2) is 0 Å². The van der Waals surface area contributed by atoms with Crippen LogP contribution in [0.1, 0.15) is 25.8 Å². The lowest BCUT2D eigenvalue weighted by molar-refractivity contribution is 0.584. The Kier molecular flexibility index (Phi) is 3.41. The molecule has 0 aromatic heterocycles. The van der Waals surface area contributed by atoms with E-state index in [4.69, 9.17) is 5.26 Å². The lowest BCUT2D eigenvalue weighted by Gasteiger charge is -2.12. The van der Waals surface area contributed by atoms with Gasteiger partial charge in [0.1, 0.15) is 5.54 Å². The molecule has 0 spiro atoms. The van der Waals surface area contributed by atoms with Crippen molar-refractivity contribution in [3.8, 4) is 6.07 Å². The average Bonchev–Trinajstić information content (AvgIpc) is 2.27. The number of rotatable bonds is 3. The van der Waals surface area contributed by atoms with Gasteiger partial charge in [0.05, 0.1) is 6.07 Å². The van der Waals surface area contributed by atoms with Gasteiger partial charge in [-0.15, -0.1) is 0 Å². The van der Waals surface area contributed by atoms with E-state index in [1.54, 1.807) is 6.21 Å². The quantitative estimate of drug-likeness (QED) is 0.668. The topological polar surface area (TPSA) is 36.1 Å². The van der Waals surface area contributed by atoms with Crippen molar-refractivity contribution in [3.05, 3.63) is 35.9 Å². The molecule has 1 aromatic carbocycles. The molecule has 0 aliphatic heterocycles. The van der Waals surface area contributed by atoms with Crippen molar-refractivity contribution in [2.45, 2.75) is 25.8 Å². The number of nitriles is 1. The first kappa shape index (κ1) is 10.5. The first-order valence-corrected chi connectivity index (χ1v) is 4.72. The molecule has 0 N–H and O–H groups in total. The Morgan fingerprint density at radius 2 is 2.07 bits per heavy atom. The summed E-state index contributed by atoms with van der Waals surface area (Å²) in [7, 11) is 0. The lowest BCUT2D eigenvalue weighted by Crippen LogP contribution is -2.17. The molecule has 0 saturated carbocycles. The van der Waals surface area contributed by atoms with E-state index in [0.29, 0.717) is 0 Å². The molecule has 0 bridgehead atoms. The Morgan fingerprint density at radius 1 is 1.43 bits per heavy atom. The highest BCUT2D eigenvalue weighted by molar-refractivity contribution is 5.79. The van der Waals surface area contributed by atoms with E-state index in [1.165, 1.54) is 0 Å². The monoisotopic (exact) mass is 186 g/mol. The highest BCUT2D eigenvalue weighted by Gasteiger charge is 2.17. The van der Waals surface area contributed by atoms with Crippen LogP contribution < -0.4 is 0 Å². The molecule has 0 aliphatic carbocycles. The Hall–Kier alpha value is -1.62. The van der Waals surface area contributed by atoms with E-state index in [0.717, 1.165) is 12.0 Å². The molecule has 0 aliphatic rings. The van der Waals surface area contributed by atoms with E-state index in [2.05, 4.69) is 11.1 Å². The minimum Gasteiger partial charge on any atom is -0.271 e. The molecular weight excluding hydrogens is 172 g/mol. The molecule has 0 fully saturated rings. The fraction of sp³-hybridized carbons (Fsp3) is 0.333. The summed E-state index contributed by atoms with van der Waals surface area (Å²) in [6, 6.07) is 12.0. The van der Waals surface area contributed by atoms with E-state index < -0.39 is 5.54 Å². The third-order valence-electron chi connectivity index (χ3n) is 2.23. The number of hydrogen-bond donors (Lipinski definition) is 0. The predicted molar refractivity (Wildman–Crippen MR) is 58.3 cm³/mol. The third-order valence-corrected chi connectivity index (χ3v) is 2.23. The van der Waals surface area contributed by atoms with E-state index in [1.807, 2.05) is 44.2 Å². The van der Waals surface area contributed by atoms with Crippen molar-refractivity contribution in [3.63, 3.8) is 0 Å².